The second-order valence-electron chi connectivity index (χ2n) is 7.47. The first-order valence-corrected chi connectivity index (χ1v) is 9.51. The molecule has 4 N–H and O–H groups in total. The van der Waals surface area contributed by atoms with Crippen LogP contribution in [-0.2, 0) is 16.1 Å². The molecule has 1 aromatic carbocycles. The molecule has 1 unspecified atom stereocenters. The summed E-state index contributed by atoms with van der Waals surface area (Å²) in [4.78, 5) is 28.4. The zero-order valence-corrected chi connectivity index (χ0v) is 16.1. The van der Waals surface area contributed by atoms with Crippen molar-refractivity contribution < 1.29 is 9.59 Å². The Morgan fingerprint density at radius 1 is 1.30 bits per heavy atom. The van der Waals surface area contributed by atoms with Crippen LogP contribution in [0.3, 0.4) is 0 Å². The summed E-state index contributed by atoms with van der Waals surface area (Å²) in [7, 11) is 0. The second-order valence-corrected chi connectivity index (χ2v) is 7.47. The maximum absolute atomic E-state index is 13.0. The van der Waals surface area contributed by atoms with Crippen molar-refractivity contribution in [3.05, 3.63) is 41.2 Å². The van der Waals surface area contributed by atoms with Gasteiger partial charge in [-0.05, 0) is 43.5 Å². The Bertz CT molecular complexity index is 761. The largest absolute Gasteiger partial charge is 0.395 e. The van der Waals surface area contributed by atoms with E-state index in [0.717, 1.165) is 49.3 Å². The topological polar surface area (TPSA) is 95.9 Å². The van der Waals surface area contributed by atoms with Crippen molar-refractivity contribution in [2.24, 2.45) is 11.6 Å². The highest BCUT2D eigenvalue weighted by Crippen LogP contribution is 2.28. The molecule has 1 atom stereocenters. The lowest BCUT2D eigenvalue weighted by Gasteiger charge is -2.43. The molecule has 0 bridgehead atoms. The fourth-order valence-corrected chi connectivity index (χ4v) is 3.94. The van der Waals surface area contributed by atoms with Gasteiger partial charge < -0.3 is 15.6 Å². The van der Waals surface area contributed by atoms with Crippen LogP contribution < -0.4 is 16.5 Å². The summed E-state index contributed by atoms with van der Waals surface area (Å²) in [5.41, 5.74) is 8.77. The summed E-state index contributed by atoms with van der Waals surface area (Å²) in [6.07, 6.45) is 4.72. The van der Waals surface area contributed by atoms with Gasteiger partial charge in [-0.1, -0.05) is 18.6 Å². The molecule has 1 aromatic rings. The number of Topliss-reactive ketones (excluding diaryl/α,β-unsaturated/α-hetero) is 1. The Balaban J connectivity index is 1.72. The molecule has 0 radical (unpaired) electrons. The van der Waals surface area contributed by atoms with E-state index in [1.165, 1.54) is 24.6 Å². The van der Waals surface area contributed by atoms with Crippen molar-refractivity contribution in [3.63, 3.8) is 0 Å². The SMILES string of the molecule is CC(=O)/C(N)=C/N(N)Cc1ccc(N2CCN3CCCCC3C2=O)c(C)c1. The molecule has 1 amide bonds. The molecule has 0 saturated carbocycles. The van der Waals surface area contributed by atoms with Crippen LogP contribution in [-0.4, -0.2) is 47.3 Å². The average Bonchev–Trinajstić information content (AvgIpc) is 2.63. The van der Waals surface area contributed by atoms with Gasteiger partial charge in [0.1, 0.15) is 0 Å². The molecule has 146 valence electrons. The molecule has 0 aliphatic carbocycles. The van der Waals surface area contributed by atoms with Gasteiger partial charge in [-0.25, -0.2) is 5.84 Å². The van der Waals surface area contributed by atoms with E-state index in [1.807, 2.05) is 30.0 Å². The number of carbonyl (C=O) groups is 2. The Hall–Kier alpha value is -2.38. The van der Waals surface area contributed by atoms with E-state index in [4.69, 9.17) is 11.6 Å². The van der Waals surface area contributed by atoms with Crippen molar-refractivity contribution in [2.45, 2.75) is 45.7 Å². The van der Waals surface area contributed by atoms with Crippen LogP contribution in [0.5, 0.6) is 0 Å². The van der Waals surface area contributed by atoms with Gasteiger partial charge in [0.2, 0.25) is 5.91 Å². The summed E-state index contributed by atoms with van der Waals surface area (Å²) in [6, 6.07) is 6.03. The number of hydrogen-bond acceptors (Lipinski definition) is 6. The van der Waals surface area contributed by atoms with Gasteiger partial charge in [0, 0.05) is 31.9 Å². The fourth-order valence-electron chi connectivity index (χ4n) is 3.94. The Morgan fingerprint density at radius 3 is 2.78 bits per heavy atom. The molecule has 2 fully saturated rings. The van der Waals surface area contributed by atoms with E-state index in [0.29, 0.717) is 6.54 Å². The molecular weight excluding hydrogens is 342 g/mol. The summed E-state index contributed by atoms with van der Waals surface area (Å²) >= 11 is 0. The van der Waals surface area contributed by atoms with Gasteiger partial charge in [0.25, 0.3) is 0 Å². The fraction of sp³-hybridized carbons (Fsp3) is 0.500. The summed E-state index contributed by atoms with van der Waals surface area (Å²) in [5, 5.41) is 1.40. The highest BCUT2D eigenvalue weighted by atomic mass is 16.2. The highest BCUT2D eigenvalue weighted by Gasteiger charge is 2.36. The number of anilines is 1. The summed E-state index contributed by atoms with van der Waals surface area (Å²) in [6.45, 7) is 6.55. The Kier molecular flexibility index (Phi) is 5.82. The zero-order valence-electron chi connectivity index (χ0n) is 16.1. The van der Waals surface area contributed by atoms with Gasteiger partial charge in [0.15, 0.2) is 5.78 Å². The molecule has 0 aromatic heterocycles. The Morgan fingerprint density at radius 2 is 2.07 bits per heavy atom. The smallest absolute Gasteiger partial charge is 0.244 e. The van der Waals surface area contributed by atoms with Gasteiger partial charge in [0.05, 0.1) is 18.3 Å². The van der Waals surface area contributed by atoms with Crippen LogP contribution in [0.15, 0.2) is 30.1 Å². The van der Waals surface area contributed by atoms with Crippen molar-refractivity contribution in [1.29, 1.82) is 0 Å². The van der Waals surface area contributed by atoms with E-state index in [9.17, 15) is 9.59 Å². The lowest BCUT2D eigenvalue weighted by atomic mass is 9.97. The molecule has 0 spiro atoms. The van der Waals surface area contributed by atoms with Crippen molar-refractivity contribution >= 4 is 17.4 Å². The maximum Gasteiger partial charge on any atom is 0.244 e. The quantitative estimate of drug-likeness (QED) is 0.460. The van der Waals surface area contributed by atoms with Crippen LogP contribution in [0.4, 0.5) is 5.69 Å². The first-order valence-electron chi connectivity index (χ1n) is 9.51. The molecule has 2 aliphatic rings. The molecular formula is C20H29N5O2. The Labute approximate surface area is 160 Å². The highest BCUT2D eigenvalue weighted by molar-refractivity contribution is 5.98. The van der Waals surface area contributed by atoms with E-state index < -0.39 is 0 Å². The van der Waals surface area contributed by atoms with Crippen molar-refractivity contribution in [1.82, 2.24) is 9.91 Å². The number of rotatable bonds is 5. The van der Waals surface area contributed by atoms with Crippen LogP contribution in [0.2, 0.25) is 0 Å². The minimum Gasteiger partial charge on any atom is -0.395 e. The van der Waals surface area contributed by atoms with E-state index in [1.54, 1.807) is 0 Å². The van der Waals surface area contributed by atoms with Crippen LogP contribution in [0.25, 0.3) is 0 Å². The predicted octanol–water partition coefficient (Wildman–Crippen LogP) is 1.26. The standard InChI is InChI=1S/C20H29N5O2/c1-14-11-16(12-24(22)13-17(21)15(2)26)6-7-18(14)25-10-9-23-8-4-3-5-19(23)20(25)27/h6-7,11,13,19H,3-5,8-10,12,21-22H2,1-2H3/b17-13-. The summed E-state index contributed by atoms with van der Waals surface area (Å²) < 4.78 is 0. The third-order valence-electron chi connectivity index (χ3n) is 5.40. The van der Waals surface area contributed by atoms with Crippen molar-refractivity contribution in [2.75, 3.05) is 24.5 Å². The molecule has 27 heavy (non-hydrogen) atoms. The minimum absolute atomic E-state index is 0.0332. The molecule has 7 heteroatoms. The average molecular weight is 371 g/mol. The molecule has 2 aliphatic heterocycles. The monoisotopic (exact) mass is 371 g/mol. The predicted molar refractivity (Wildman–Crippen MR) is 105 cm³/mol. The van der Waals surface area contributed by atoms with Crippen molar-refractivity contribution in [3.8, 4) is 0 Å². The number of amides is 1. The van der Waals surface area contributed by atoms with Gasteiger partial charge in [-0.3, -0.25) is 14.5 Å². The maximum atomic E-state index is 13.0. The number of benzene rings is 1. The van der Waals surface area contributed by atoms with Crippen LogP contribution in [0.1, 0.15) is 37.3 Å². The number of carbonyl (C=O) groups excluding carboxylic acids is 2. The lowest BCUT2D eigenvalue weighted by Crippen LogP contribution is -2.58. The minimum atomic E-state index is -0.211. The number of ketones is 1. The summed E-state index contributed by atoms with van der Waals surface area (Å²) in [5.74, 6) is 5.93. The molecule has 2 heterocycles. The number of piperidine rings is 1. The number of piperazine rings is 1. The molecule has 3 rings (SSSR count). The second kappa shape index (κ2) is 8.10. The number of nitrogens with zero attached hydrogens (tertiary/aromatic N) is 3. The van der Waals surface area contributed by atoms with E-state index in [2.05, 4.69) is 4.90 Å². The third kappa shape index (κ3) is 4.31. The first kappa shape index (κ1) is 19.4. The van der Waals surface area contributed by atoms with Gasteiger partial charge >= 0.3 is 0 Å². The van der Waals surface area contributed by atoms with Gasteiger partial charge in [-0.15, -0.1) is 0 Å². The van der Waals surface area contributed by atoms with E-state index in [-0.39, 0.29) is 23.4 Å². The first-order chi connectivity index (χ1) is 12.9. The van der Waals surface area contributed by atoms with Crippen LogP contribution in [0, 0.1) is 6.92 Å². The number of hydrazine groups is 1. The van der Waals surface area contributed by atoms with E-state index >= 15 is 0 Å². The lowest BCUT2D eigenvalue weighted by molar-refractivity contribution is -0.127. The molecule has 7 nitrogen and oxygen atoms in total. The van der Waals surface area contributed by atoms with Crippen LogP contribution >= 0.6 is 0 Å². The normalized spacial score (nSPS) is 21.1. The third-order valence-corrected chi connectivity index (χ3v) is 5.40. The van der Waals surface area contributed by atoms with Gasteiger partial charge in [-0.2, -0.15) is 0 Å². The number of nitrogens with two attached hydrogens (primary N) is 2. The zero-order chi connectivity index (χ0) is 19.6. The molecule has 2 saturated heterocycles. The number of hydrogen-bond donors (Lipinski definition) is 2. The number of aryl methyl sites for hydroxylation is 1. The number of allylic oxidation sites excluding steroid dienone is 1. The number of fused-ring (bicyclic) bond motifs is 1.